The molecule has 116 valence electrons. The Morgan fingerprint density at radius 3 is 2.59 bits per heavy atom. The molecule has 22 heavy (non-hydrogen) atoms. The third-order valence-corrected chi connectivity index (χ3v) is 6.13. The van der Waals surface area contributed by atoms with Crippen molar-refractivity contribution in [2.75, 3.05) is 4.72 Å². The zero-order valence-corrected chi connectivity index (χ0v) is 14.5. The van der Waals surface area contributed by atoms with Crippen LogP contribution in [0.2, 0.25) is 0 Å². The lowest BCUT2D eigenvalue weighted by atomic mass is 9.98. The molecule has 10 heteroatoms. The minimum Gasteiger partial charge on any atom is -0.253 e. The first-order chi connectivity index (χ1) is 10.3. The number of benzene rings is 1. The van der Waals surface area contributed by atoms with Crippen LogP contribution < -0.4 is 4.72 Å². The van der Waals surface area contributed by atoms with Crippen LogP contribution in [-0.2, 0) is 15.4 Å². The second-order valence-electron chi connectivity index (χ2n) is 5.66. The summed E-state index contributed by atoms with van der Waals surface area (Å²) in [5.74, 6) is 0. The van der Waals surface area contributed by atoms with E-state index < -0.39 is 10.0 Å². The number of hydrogen-bond acceptors (Lipinski definition) is 8. The van der Waals surface area contributed by atoms with Crippen LogP contribution in [0.25, 0.3) is 11.0 Å². The molecule has 0 amide bonds. The molecule has 2 heterocycles. The number of fused-ring (bicyclic) bond motifs is 1. The highest BCUT2D eigenvalue weighted by molar-refractivity contribution is 7.93. The molecule has 0 aliphatic rings. The van der Waals surface area contributed by atoms with Gasteiger partial charge in [-0.1, -0.05) is 38.2 Å². The first-order valence-electron chi connectivity index (χ1n) is 6.35. The first-order valence-corrected chi connectivity index (χ1v) is 9.38. The van der Waals surface area contributed by atoms with Crippen LogP contribution in [0.4, 0.5) is 5.13 Å². The van der Waals surface area contributed by atoms with E-state index in [1.807, 2.05) is 20.8 Å². The second kappa shape index (κ2) is 5.21. The fraction of sp³-hybridized carbons (Fsp3) is 0.333. The average molecular weight is 355 g/mol. The van der Waals surface area contributed by atoms with Crippen LogP contribution in [0.15, 0.2) is 23.1 Å². The maximum Gasteiger partial charge on any atom is 0.265 e. The van der Waals surface area contributed by atoms with Gasteiger partial charge >= 0.3 is 0 Å². The smallest absolute Gasteiger partial charge is 0.253 e. The lowest BCUT2D eigenvalue weighted by molar-refractivity contribution is 0.578. The van der Waals surface area contributed by atoms with Gasteiger partial charge in [0.25, 0.3) is 10.0 Å². The lowest BCUT2D eigenvalue weighted by Gasteiger charge is -2.12. The number of nitrogens with zero attached hydrogens (tertiary/aromatic N) is 4. The molecule has 0 aliphatic carbocycles. The topological polar surface area (TPSA) is 97.7 Å². The van der Waals surface area contributed by atoms with Crippen LogP contribution in [0.5, 0.6) is 0 Å². The van der Waals surface area contributed by atoms with Gasteiger partial charge < -0.3 is 0 Å². The largest absolute Gasteiger partial charge is 0.265 e. The van der Waals surface area contributed by atoms with Crippen molar-refractivity contribution in [1.29, 1.82) is 0 Å². The van der Waals surface area contributed by atoms with E-state index in [1.54, 1.807) is 12.1 Å². The summed E-state index contributed by atoms with van der Waals surface area (Å²) in [4.78, 5) is 0.0891. The van der Waals surface area contributed by atoms with E-state index in [-0.39, 0.29) is 15.4 Å². The average Bonchev–Trinajstić information content (AvgIpc) is 3.04. The summed E-state index contributed by atoms with van der Waals surface area (Å²) in [7, 11) is -3.78. The predicted octanol–water partition coefficient (Wildman–Crippen LogP) is 2.64. The maximum absolute atomic E-state index is 12.5. The van der Waals surface area contributed by atoms with Crippen LogP contribution >= 0.6 is 23.1 Å². The van der Waals surface area contributed by atoms with Crippen LogP contribution in [-0.4, -0.2) is 27.4 Å². The number of rotatable bonds is 3. The lowest BCUT2D eigenvalue weighted by Crippen LogP contribution is -2.13. The molecule has 0 saturated carbocycles. The third-order valence-electron chi connectivity index (χ3n) is 2.83. The van der Waals surface area contributed by atoms with Gasteiger partial charge in [0.1, 0.15) is 20.9 Å². The molecule has 0 aliphatic heterocycles. The zero-order chi connectivity index (χ0) is 16.0. The highest BCUT2D eigenvalue weighted by atomic mass is 32.2. The fourth-order valence-electron chi connectivity index (χ4n) is 1.74. The summed E-state index contributed by atoms with van der Waals surface area (Å²) in [6.45, 7) is 5.98. The van der Waals surface area contributed by atoms with E-state index in [2.05, 4.69) is 23.7 Å². The fourth-order valence-corrected chi connectivity index (χ4v) is 4.53. The Kier molecular flexibility index (Phi) is 3.62. The molecule has 0 atom stereocenters. The highest BCUT2D eigenvalue weighted by Crippen LogP contribution is 2.30. The molecular weight excluding hydrogens is 342 g/mol. The summed E-state index contributed by atoms with van der Waals surface area (Å²) >= 11 is 2.20. The van der Waals surface area contributed by atoms with E-state index >= 15 is 0 Å². The Hall–Kier alpha value is -1.65. The molecule has 3 aromatic rings. The van der Waals surface area contributed by atoms with Gasteiger partial charge in [0.2, 0.25) is 5.13 Å². The zero-order valence-electron chi connectivity index (χ0n) is 12.1. The minimum atomic E-state index is -3.78. The van der Waals surface area contributed by atoms with E-state index in [1.165, 1.54) is 17.4 Å². The van der Waals surface area contributed by atoms with Crippen molar-refractivity contribution in [3.05, 3.63) is 23.2 Å². The molecule has 0 fully saturated rings. The van der Waals surface area contributed by atoms with Crippen molar-refractivity contribution in [3.8, 4) is 0 Å². The van der Waals surface area contributed by atoms with Gasteiger partial charge in [0.05, 0.1) is 11.7 Å². The molecule has 0 unspecified atom stereocenters. The van der Waals surface area contributed by atoms with Crippen LogP contribution in [0.3, 0.4) is 0 Å². The number of sulfonamides is 1. The second-order valence-corrected chi connectivity index (χ2v) is 8.81. The maximum atomic E-state index is 12.5. The van der Waals surface area contributed by atoms with Crippen molar-refractivity contribution >= 4 is 49.3 Å². The van der Waals surface area contributed by atoms with Gasteiger partial charge in [-0.2, -0.15) is 8.75 Å². The predicted molar refractivity (Wildman–Crippen MR) is 86.8 cm³/mol. The molecule has 1 N–H and O–H groups in total. The molecule has 3 rings (SSSR count). The molecule has 0 spiro atoms. The van der Waals surface area contributed by atoms with E-state index in [0.717, 1.165) is 16.7 Å². The van der Waals surface area contributed by atoms with Gasteiger partial charge in [-0.15, -0.1) is 10.2 Å². The van der Waals surface area contributed by atoms with Gasteiger partial charge in [-0.05, 0) is 12.1 Å². The van der Waals surface area contributed by atoms with Gasteiger partial charge in [-0.25, -0.2) is 8.42 Å². The standard InChI is InChI=1S/C12H13N5O2S3/c1-12(2,3)10-13-14-11(20-10)17-22(18,19)8-6-4-5-7-9(8)16-21-15-7/h4-6H,1-3H3,(H,14,17). The first kappa shape index (κ1) is 15.3. The van der Waals surface area contributed by atoms with Crippen molar-refractivity contribution in [3.63, 3.8) is 0 Å². The Morgan fingerprint density at radius 2 is 1.91 bits per heavy atom. The molecule has 0 saturated heterocycles. The number of aromatic nitrogens is 4. The van der Waals surface area contributed by atoms with Crippen LogP contribution in [0.1, 0.15) is 25.8 Å². The number of hydrogen-bond donors (Lipinski definition) is 1. The monoisotopic (exact) mass is 355 g/mol. The SMILES string of the molecule is CC(C)(C)c1nnc(NS(=O)(=O)c2cccc3nsnc23)s1. The number of anilines is 1. The molecule has 7 nitrogen and oxygen atoms in total. The van der Waals surface area contributed by atoms with Crippen molar-refractivity contribution < 1.29 is 8.42 Å². The Balaban J connectivity index is 1.97. The summed E-state index contributed by atoms with van der Waals surface area (Å²) in [5, 5.41) is 8.94. The molecular formula is C12H13N5O2S3. The van der Waals surface area contributed by atoms with Gasteiger partial charge in [0.15, 0.2) is 0 Å². The van der Waals surface area contributed by atoms with Crippen molar-refractivity contribution in [2.45, 2.75) is 31.1 Å². The third kappa shape index (κ3) is 2.81. The molecule has 0 radical (unpaired) electrons. The normalized spacial score (nSPS) is 12.7. The van der Waals surface area contributed by atoms with Crippen molar-refractivity contribution in [2.24, 2.45) is 0 Å². The Bertz CT molecular complexity index is 924. The van der Waals surface area contributed by atoms with Crippen molar-refractivity contribution in [1.82, 2.24) is 18.9 Å². The molecule has 1 aromatic carbocycles. The van der Waals surface area contributed by atoms with E-state index in [9.17, 15) is 8.42 Å². The quantitative estimate of drug-likeness (QED) is 0.775. The summed E-state index contributed by atoms with van der Waals surface area (Å²) < 4.78 is 35.6. The highest BCUT2D eigenvalue weighted by Gasteiger charge is 2.24. The van der Waals surface area contributed by atoms with Gasteiger partial charge in [-0.3, -0.25) is 4.72 Å². The Morgan fingerprint density at radius 1 is 1.14 bits per heavy atom. The summed E-state index contributed by atoms with van der Waals surface area (Å²) in [6.07, 6.45) is 0. The number of nitrogens with one attached hydrogen (secondary N) is 1. The Labute approximate surface area is 135 Å². The summed E-state index contributed by atoms with van der Waals surface area (Å²) in [5.41, 5.74) is 0.737. The summed E-state index contributed by atoms with van der Waals surface area (Å²) in [6, 6.07) is 4.86. The van der Waals surface area contributed by atoms with Gasteiger partial charge in [0, 0.05) is 5.41 Å². The van der Waals surface area contributed by atoms with E-state index in [0.29, 0.717) is 11.0 Å². The molecule has 0 bridgehead atoms. The molecule has 2 aromatic heterocycles. The van der Waals surface area contributed by atoms with Crippen LogP contribution in [0, 0.1) is 0 Å². The minimum absolute atomic E-state index is 0.0891. The van der Waals surface area contributed by atoms with E-state index in [4.69, 9.17) is 0 Å².